The topological polar surface area (TPSA) is 12.0 Å². The summed E-state index contributed by atoms with van der Waals surface area (Å²) >= 11 is 0. The van der Waals surface area contributed by atoms with Crippen molar-refractivity contribution < 1.29 is 0 Å². The van der Waals surface area contributed by atoms with Crippen molar-refractivity contribution in [1.29, 1.82) is 0 Å². The molecule has 1 fully saturated rings. The summed E-state index contributed by atoms with van der Waals surface area (Å²) < 4.78 is 0. The average Bonchev–Trinajstić information content (AvgIpc) is 2.40. The van der Waals surface area contributed by atoms with Crippen molar-refractivity contribution in [2.24, 2.45) is 5.92 Å². The van der Waals surface area contributed by atoms with Crippen molar-refractivity contribution in [3.05, 3.63) is 35.4 Å². The van der Waals surface area contributed by atoms with Crippen LogP contribution in [-0.2, 0) is 6.42 Å². The van der Waals surface area contributed by atoms with E-state index in [4.69, 9.17) is 0 Å². The summed E-state index contributed by atoms with van der Waals surface area (Å²) in [7, 11) is 0. The molecule has 1 heteroatoms. The SMILES string of the molecule is CC(NCC1Cc2ccccc21)C1CCCCC1. The van der Waals surface area contributed by atoms with E-state index in [9.17, 15) is 0 Å². The van der Waals surface area contributed by atoms with Gasteiger partial charge >= 0.3 is 0 Å². The van der Waals surface area contributed by atoms with E-state index in [0.717, 1.165) is 11.8 Å². The quantitative estimate of drug-likeness (QED) is 0.846. The third-order valence-electron chi connectivity index (χ3n) is 5.00. The normalized spacial score (nSPS) is 25.3. The first kappa shape index (κ1) is 12.2. The second-order valence-corrected chi connectivity index (χ2v) is 6.19. The van der Waals surface area contributed by atoms with Gasteiger partial charge in [-0.3, -0.25) is 0 Å². The van der Waals surface area contributed by atoms with Crippen LogP contribution in [0.1, 0.15) is 56.1 Å². The van der Waals surface area contributed by atoms with Gasteiger partial charge in [-0.2, -0.15) is 0 Å². The minimum Gasteiger partial charge on any atom is -0.313 e. The zero-order valence-corrected chi connectivity index (χ0v) is 11.5. The van der Waals surface area contributed by atoms with Gasteiger partial charge in [0.05, 0.1) is 0 Å². The Morgan fingerprint density at radius 3 is 2.72 bits per heavy atom. The van der Waals surface area contributed by atoms with Crippen molar-refractivity contribution in [2.75, 3.05) is 6.54 Å². The minimum atomic E-state index is 0.707. The van der Waals surface area contributed by atoms with Crippen LogP contribution in [0.3, 0.4) is 0 Å². The van der Waals surface area contributed by atoms with Crippen LogP contribution in [-0.4, -0.2) is 12.6 Å². The summed E-state index contributed by atoms with van der Waals surface area (Å²) in [6.07, 6.45) is 8.51. The number of nitrogens with one attached hydrogen (secondary N) is 1. The molecule has 1 aromatic rings. The molecular formula is C17H25N. The van der Waals surface area contributed by atoms with Gasteiger partial charge in [0.2, 0.25) is 0 Å². The lowest BCUT2D eigenvalue weighted by molar-refractivity contribution is 0.276. The summed E-state index contributed by atoms with van der Waals surface area (Å²) in [5.41, 5.74) is 3.15. The minimum absolute atomic E-state index is 0.707. The molecule has 0 aromatic heterocycles. The number of benzene rings is 1. The monoisotopic (exact) mass is 243 g/mol. The van der Waals surface area contributed by atoms with Gasteiger partial charge in [0.25, 0.3) is 0 Å². The summed E-state index contributed by atoms with van der Waals surface area (Å²) in [5.74, 6) is 1.70. The van der Waals surface area contributed by atoms with Crippen LogP contribution >= 0.6 is 0 Å². The zero-order valence-electron chi connectivity index (χ0n) is 11.5. The summed E-state index contributed by atoms with van der Waals surface area (Å²) in [5, 5.41) is 3.80. The maximum atomic E-state index is 3.80. The van der Waals surface area contributed by atoms with E-state index >= 15 is 0 Å². The molecule has 2 unspecified atom stereocenters. The molecule has 3 rings (SSSR count). The van der Waals surface area contributed by atoms with E-state index in [1.54, 1.807) is 11.1 Å². The second kappa shape index (κ2) is 5.44. The van der Waals surface area contributed by atoms with Crippen LogP contribution in [0.4, 0.5) is 0 Å². The third kappa shape index (κ3) is 2.47. The van der Waals surface area contributed by atoms with Crippen molar-refractivity contribution in [1.82, 2.24) is 5.32 Å². The smallest absolute Gasteiger partial charge is 0.00672 e. The molecule has 1 aromatic carbocycles. The van der Waals surface area contributed by atoms with Gasteiger partial charge in [0, 0.05) is 18.5 Å². The molecule has 0 saturated heterocycles. The van der Waals surface area contributed by atoms with E-state index < -0.39 is 0 Å². The van der Waals surface area contributed by atoms with Crippen LogP contribution in [0.2, 0.25) is 0 Å². The Morgan fingerprint density at radius 1 is 1.17 bits per heavy atom. The number of fused-ring (bicyclic) bond motifs is 1. The van der Waals surface area contributed by atoms with Crippen LogP contribution in [0, 0.1) is 5.92 Å². The molecule has 98 valence electrons. The number of rotatable bonds is 4. The average molecular weight is 243 g/mol. The van der Waals surface area contributed by atoms with Gasteiger partial charge in [-0.25, -0.2) is 0 Å². The molecule has 1 nitrogen and oxygen atoms in total. The number of hydrogen-bond acceptors (Lipinski definition) is 1. The molecule has 1 N–H and O–H groups in total. The molecule has 2 aliphatic carbocycles. The lowest BCUT2D eigenvalue weighted by atomic mass is 9.77. The summed E-state index contributed by atoms with van der Waals surface area (Å²) in [6, 6.07) is 9.62. The highest BCUT2D eigenvalue weighted by atomic mass is 14.9. The predicted octanol–water partition coefficient (Wildman–Crippen LogP) is 3.88. The molecule has 0 spiro atoms. The van der Waals surface area contributed by atoms with Crippen LogP contribution < -0.4 is 5.32 Å². The molecule has 0 amide bonds. The Balaban J connectivity index is 1.48. The van der Waals surface area contributed by atoms with E-state index in [0.29, 0.717) is 6.04 Å². The Hall–Kier alpha value is -0.820. The molecule has 18 heavy (non-hydrogen) atoms. The van der Waals surface area contributed by atoms with Gasteiger partial charge in [-0.05, 0) is 43.2 Å². The first-order valence-electron chi connectivity index (χ1n) is 7.66. The van der Waals surface area contributed by atoms with E-state index in [1.165, 1.54) is 45.1 Å². The molecular weight excluding hydrogens is 218 g/mol. The van der Waals surface area contributed by atoms with Gasteiger partial charge < -0.3 is 5.32 Å². The van der Waals surface area contributed by atoms with Crippen LogP contribution in [0.25, 0.3) is 0 Å². The van der Waals surface area contributed by atoms with E-state index in [1.807, 2.05) is 0 Å². The molecule has 0 aliphatic heterocycles. The predicted molar refractivity (Wildman–Crippen MR) is 76.9 cm³/mol. The zero-order chi connectivity index (χ0) is 12.4. The molecule has 2 aliphatic rings. The first-order valence-corrected chi connectivity index (χ1v) is 7.66. The van der Waals surface area contributed by atoms with Crippen molar-refractivity contribution >= 4 is 0 Å². The van der Waals surface area contributed by atoms with Crippen molar-refractivity contribution in [3.8, 4) is 0 Å². The maximum Gasteiger partial charge on any atom is 0.00672 e. The summed E-state index contributed by atoms with van der Waals surface area (Å²) in [6.45, 7) is 3.56. The van der Waals surface area contributed by atoms with Gasteiger partial charge in [0.15, 0.2) is 0 Å². The fourth-order valence-corrected chi connectivity index (χ4v) is 3.67. The number of hydrogen-bond donors (Lipinski definition) is 1. The second-order valence-electron chi connectivity index (χ2n) is 6.19. The van der Waals surface area contributed by atoms with Crippen LogP contribution in [0.15, 0.2) is 24.3 Å². The van der Waals surface area contributed by atoms with Crippen LogP contribution in [0.5, 0.6) is 0 Å². The van der Waals surface area contributed by atoms with Gasteiger partial charge in [-0.1, -0.05) is 43.5 Å². The van der Waals surface area contributed by atoms with Gasteiger partial charge in [0.1, 0.15) is 0 Å². The molecule has 0 bridgehead atoms. The highest BCUT2D eigenvalue weighted by Crippen LogP contribution is 2.34. The molecule has 2 atom stereocenters. The van der Waals surface area contributed by atoms with Gasteiger partial charge in [-0.15, -0.1) is 0 Å². The molecule has 0 radical (unpaired) electrons. The lowest BCUT2D eigenvalue weighted by Gasteiger charge is -2.34. The Bertz CT molecular complexity index is 392. The third-order valence-corrected chi connectivity index (χ3v) is 5.00. The van der Waals surface area contributed by atoms with Crippen molar-refractivity contribution in [2.45, 2.75) is 57.4 Å². The highest BCUT2D eigenvalue weighted by molar-refractivity contribution is 5.40. The summed E-state index contributed by atoms with van der Waals surface area (Å²) in [4.78, 5) is 0. The van der Waals surface area contributed by atoms with E-state index in [-0.39, 0.29) is 0 Å². The maximum absolute atomic E-state index is 3.80. The highest BCUT2D eigenvalue weighted by Gasteiger charge is 2.26. The Kier molecular flexibility index (Phi) is 3.69. The Morgan fingerprint density at radius 2 is 1.94 bits per heavy atom. The lowest BCUT2D eigenvalue weighted by Crippen LogP contribution is -2.39. The molecule has 1 saturated carbocycles. The first-order chi connectivity index (χ1) is 8.84. The fraction of sp³-hybridized carbons (Fsp3) is 0.647. The standard InChI is InChI=1S/C17H25N/c1-13(14-7-3-2-4-8-14)18-12-16-11-15-9-5-6-10-17(15)16/h5-6,9-10,13-14,16,18H,2-4,7-8,11-12H2,1H3. The van der Waals surface area contributed by atoms with E-state index in [2.05, 4.69) is 36.5 Å². The van der Waals surface area contributed by atoms with Crippen molar-refractivity contribution in [3.63, 3.8) is 0 Å². The fourth-order valence-electron chi connectivity index (χ4n) is 3.67. The molecule has 0 heterocycles. The largest absolute Gasteiger partial charge is 0.313 e. The Labute approximate surface area is 111 Å².